The molecule has 20 heavy (non-hydrogen) atoms. The number of nitrogens with two attached hydrogens (primary N) is 1. The summed E-state index contributed by atoms with van der Waals surface area (Å²) in [7, 11) is 0. The molecule has 110 valence electrons. The third-order valence-electron chi connectivity index (χ3n) is 2.83. The fraction of sp³-hybridized carbons (Fsp3) is 0.429. The van der Waals surface area contributed by atoms with Gasteiger partial charge < -0.3 is 20.5 Å². The number of anilines is 1. The maximum atomic E-state index is 13.0. The Hall–Kier alpha value is -1.95. The van der Waals surface area contributed by atoms with Crippen molar-refractivity contribution < 1.29 is 24.4 Å². The number of quaternary nitrogens is 1. The second-order valence-corrected chi connectivity index (χ2v) is 4.57. The van der Waals surface area contributed by atoms with Gasteiger partial charge in [-0.15, -0.1) is 0 Å². The topological polar surface area (TPSA) is 85.8 Å². The van der Waals surface area contributed by atoms with Crippen LogP contribution < -0.4 is 15.7 Å². The third-order valence-corrected chi connectivity index (χ3v) is 2.83. The standard InChI is InChI=1S/C14H19FN2O3/c1-2-3-7-16-12(14(19)20)9-13(18)17-11-6-4-5-10(15)8-11/h4-6,8,12,16H,2-3,7,9H2,1H3,(H,17,18)(H,19,20)/t12-/m1/s1. The number of rotatable bonds is 8. The first kappa shape index (κ1) is 16.1. The van der Waals surface area contributed by atoms with E-state index in [4.69, 9.17) is 0 Å². The lowest BCUT2D eigenvalue weighted by atomic mass is 10.2. The number of aliphatic carboxylic acids is 1. The Morgan fingerprint density at radius 1 is 1.45 bits per heavy atom. The van der Waals surface area contributed by atoms with Crippen LogP contribution in [-0.4, -0.2) is 24.5 Å². The first-order valence-corrected chi connectivity index (χ1v) is 6.62. The van der Waals surface area contributed by atoms with E-state index >= 15 is 0 Å². The summed E-state index contributed by atoms with van der Waals surface area (Å²) in [6.45, 7) is 2.63. The molecule has 1 aromatic carbocycles. The number of nitrogens with one attached hydrogen (secondary N) is 1. The highest BCUT2D eigenvalue weighted by atomic mass is 19.1. The summed E-state index contributed by atoms with van der Waals surface area (Å²) in [6, 6.07) is 4.52. The second-order valence-electron chi connectivity index (χ2n) is 4.57. The largest absolute Gasteiger partial charge is 0.544 e. The molecule has 1 amide bonds. The van der Waals surface area contributed by atoms with E-state index in [-0.39, 0.29) is 6.42 Å². The first-order chi connectivity index (χ1) is 9.52. The van der Waals surface area contributed by atoms with Gasteiger partial charge in [0.2, 0.25) is 5.91 Å². The van der Waals surface area contributed by atoms with Crippen LogP contribution in [0.3, 0.4) is 0 Å². The number of hydrogen-bond donors (Lipinski definition) is 2. The number of carbonyl (C=O) groups excluding carboxylic acids is 2. The van der Waals surface area contributed by atoms with Crippen molar-refractivity contribution in [2.45, 2.75) is 32.2 Å². The molecule has 0 aliphatic carbocycles. The van der Waals surface area contributed by atoms with Crippen LogP contribution >= 0.6 is 0 Å². The molecule has 3 N–H and O–H groups in total. The molecule has 1 atom stereocenters. The predicted molar refractivity (Wildman–Crippen MR) is 70.1 cm³/mol. The zero-order chi connectivity index (χ0) is 15.0. The van der Waals surface area contributed by atoms with E-state index in [1.54, 1.807) is 5.32 Å². The quantitative estimate of drug-likeness (QED) is 0.638. The Bertz CT molecular complexity index is 465. The normalized spacial score (nSPS) is 11.9. The Labute approximate surface area is 117 Å². The van der Waals surface area contributed by atoms with Crippen molar-refractivity contribution in [3.63, 3.8) is 0 Å². The van der Waals surface area contributed by atoms with Crippen LogP contribution in [-0.2, 0) is 9.59 Å². The van der Waals surface area contributed by atoms with Gasteiger partial charge in [-0.05, 0) is 24.6 Å². The Kier molecular flexibility index (Phi) is 6.66. The van der Waals surface area contributed by atoms with Crippen molar-refractivity contribution in [2.24, 2.45) is 0 Å². The molecule has 0 heterocycles. The van der Waals surface area contributed by atoms with Crippen LogP contribution in [0.25, 0.3) is 0 Å². The lowest BCUT2D eigenvalue weighted by molar-refractivity contribution is -0.682. The van der Waals surface area contributed by atoms with Crippen LogP contribution in [0.2, 0.25) is 0 Å². The minimum absolute atomic E-state index is 0.206. The highest BCUT2D eigenvalue weighted by molar-refractivity contribution is 5.93. The third kappa shape index (κ3) is 5.79. The molecule has 0 saturated carbocycles. The van der Waals surface area contributed by atoms with E-state index < -0.39 is 23.7 Å². The van der Waals surface area contributed by atoms with E-state index in [9.17, 15) is 19.1 Å². The van der Waals surface area contributed by atoms with E-state index in [1.165, 1.54) is 24.3 Å². The molecule has 0 aliphatic rings. The summed E-state index contributed by atoms with van der Waals surface area (Å²) in [4.78, 5) is 22.7. The number of halogens is 1. The maximum absolute atomic E-state index is 13.0. The predicted octanol–water partition coefficient (Wildman–Crippen LogP) is -0.364. The van der Waals surface area contributed by atoms with Gasteiger partial charge in [0.1, 0.15) is 11.9 Å². The van der Waals surface area contributed by atoms with Gasteiger partial charge in [0.15, 0.2) is 0 Å². The molecule has 0 unspecified atom stereocenters. The van der Waals surface area contributed by atoms with Crippen molar-refractivity contribution in [3.8, 4) is 0 Å². The van der Waals surface area contributed by atoms with Crippen molar-refractivity contribution in [3.05, 3.63) is 30.1 Å². The molecule has 0 fully saturated rings. The smallest absolute Gasteiger partial charge is 0.230 e. The van der Waals surface area contributed by atoms with Crippen LogP contribution in [0.1, 0.15) is 26.2 Å². The molecule has 0 saturated heterocycles. The van der Waals surface area contributed by atoms with E-state index in [2.05, 4.69) is 5.32 Å². The molecular formula is C14H19FN2O3. The number of amides is 1. The minimum atomic E-state index is -1.27. The molecule has 0 aromatic heterocycles. The number of unbranched alkanes of at least 4 members (excludes halogenated alkanes) is 1. The fourth-order valence-corrected chi connectivity index (χ4v) is 1.76. The summed E-state index contributed by atoms with van der Waals surface area (Å²) >= 11 is 0. The van der Waals surface area contributed by atoms with E-state index in [0.717, 1.165) is 12.8 Å². The van der Waals surface area contributed by atoms with Gasteiger partial charge in [0.05, 0.1) is 18.9 Å². The first-order valence-electron chi connectivity index (χ1n) is 6.62. The highest BCUT2D eigenvalue weighted by Crippen LogP contribution is 2.09. The number of carboxylic acid groups (broad SMARTS) is 1. The zero-order valence-corrected chi connectivity index (χ0v) is 11.4. The van der Waals surface area contributed by atoms with Gasteiger partial charge in [0, 0.05) is 5.69 Å². The summed E-state index contributed by atoms with van der Waals surface area (Å²) in [6.07, 6.45) is 1.61. The molecule has 0 spiro atoms. The SMILES string of the molecule is CCCC[NH2+][C@H](CC(=O)Nc1cccc(F)c1)C(=O)[O-]. The zero-order valence-electron chi connectivity index (χ0n) is 11.4. The van der Waals surface area contributed by atoms with Gasteiger partial charge in [0.25, 0.3) is 0 Å². The molecule has 5 nitrogen and oxygen atoms in total. The average molecular weight is 282 g/mol. The fourth-order valence-electron chi connectivity index (χ4n) is 1.76. The maximum Gasteiger partial charge on any atom is 0.230 e. The lowest BCUT2D eigenvalue weighted by Crippen LogP contribution is -2.93. The van der Waals surface area contributed by atoms with Gasteiger partial charge in [-0.2, -0.15) is 0 Å². The van der Waals surface area contributed by atoms with Gasteiger partial charge >= 0.3 is 0 Å². The Morgan fingerprint density at radius 2 is 2.20 bits per heavy atom. The molecule has 1 aromatic rings. The monoisotopic (exact) mass is 282 g/mol. The minimum Gasteiger partial charge on any atom is -0.544 e. The molecule has 6 heteroatoms. The summed E-state index contributed by atoms with van der Waals surface area (Å²) in [5.41, 5.74) is 0.306. The Morgan fingerprint density at radius 3 is 2.80 bits per heavy atom. The highest BCUT2D eigenvalue weighted by Gasteiger charge is 2.18. The number of benzene rings is 1. The second kappa shape index (κ2) is 8.27. The van der Waals surface area contributed by atoms with Crippen molar-refractivity contribution >= 4 is 17.6 Å². The molecule has 0 bridgehead atoms. The Balaban J connectivity index is 2.51. The number of carboxylic acids is 1. The van der Waals surface area contributed by atoms with Crippen LogP contribution in [0.4, 0.5) is 10.1 Å². The van der Waals surface area contributed by atoms with Crippen molar-refractivity contribution in [2.75, 3.05) is 11.9 Å². The number of carbonyl (C=O) groups is 2. The van der Waals surface area contributed by atoms with Gasteiger partial charge in [-0.25, -0.2) is 4.39 Å². The van der Waals surface area contributed by atoms with E-state index in [0.29, 0.717) is 12.2 Å². The molecule has 0 radical (unpaired) electrons. The van der Waals surface area contributed by atoms with E-state index in [1.807, 2.05) is 6.92 Å². The average Bonchev–Trinajstić information content (AvgIpc) is 2.37. The lowest BCUT2D eigenvalue weighted by Gasteiger charge is -2.16. The molecular weight excluding hydrogens is 263 g/mol. The van der Waals surface area contributed by atoms with Crippen molar-refractivity contribution in [1.82, 2.24) is 0 Å². The summed E-state index contributed by atoms with van der Waals surface area (Å²) in [5.74, 6) is -2.21. The van der Waals surface area contributed by atoms with Crippen LogP contribution in [0.5, 0.6) is 0 Å². The number of hydrogen-bond acceptors (Lipinski definition) is 3. The molecule has 0 aliphatic heterocycles. The van der Waals surface area contributed by atoms with Crippen LogP contribution in [0.15, 0.2) is 24.3 Å². The summed E-state index contributed by atoms with van der Waals surface area (Å²) < 4.78 is 13.0. The van der Waals surface area contributed by atoms with Crippen molar-refractivity contribution in [1.29, 1.82) is 0 Å². The molecule has 1 rings (SSSR count). The van der Waals surface area contributed by atoms with Gasteiger partial charge in [-0.1, -0.05) is 19.4 Å². The summed E-state index contributed by atoms with van der Waals surface area (Å²) in [5, 5.41) is 15.0. The van der Waals surface area contributed by atoms with Gasteiger partial charge in [-0.3, -0.25) is 4.79 Å². The van der Waals surface area contributed by atoms with Crippen LogP contribution in [0, 0.1) is 5.82 Å².